The Morgan fingerprint density at radius 3 is 2.45 bits per heavy atom. The van der Waals surface area contributed by atoms with Crippen LogP contribution in [0.15, 0.2) is 48.5 Å². The van der Waals surface area contributed by atoms with Crippen molar-refractivity contribution in [2.75, 3.05) is 44.2 Å². The third-order valence-electron chi connectivity index (χ3n) is 7.26. The SMILES string of the molecule is CC(C)c1ccc(COC(=O)[C@@H]2CCCN(c3cccc(OC(C)(C)C(=O)N4CCNCC4)c3)C2)cc1.Cl. The van der Waals surface area contributed by atoms with E-state index in [4.69, 9.17) is 9.47 Å². The van der Waals surface area contributed by atoms with Gasteiger partial charge in [-0.25, -0.2) is 0 Å². The van der Waals surface area contributed by atoms with E-state index in [-0.39, 0.29) is 30.2 Å². The highest BCUT2D eigenvalue weighted by atomic mass is 35.5. The van der Waals surface area contributed by atoms with Crippen molar-refractivity contribution in [2.24, 2.45) is 5.92 Å². The third-order valence-corrected chi connectivity index (χ3v) is 7.26. The first kappa shape index (κ1) is 29.8. The molecule has 0 aromatic heterocycles. The van der Waals surface area contributed by atoms with Gasteiger partial charge in [0.05, 0.1) is 5.92 Å². The Balaban J connectivity index is 0.00000400. The van der Waals surface area contributed by atoms with Crippen LogP contribution < -0.4 is 15.0 Å². The van der Waals surface area contributed by atoms with Gasteiger partial charge in [0.25, 0.3) is 5.91 Å². The first-order valence-corrected chi connectivity index (χ1v) is 13.5. The zero-order chi connectivity index (χ0) is 26.4. The highest BCUT2D eigenvalue weighted by Gasteiger charge is 2.35. The summed E-state index contributed by atoms with van der Waals surface area (Å²) >= 11 is 0. The molecule has 0 unspecified atom stereocenters. The number of anilines is 1. The molecule has 1 atom stereocenters. The molecule has 208 valence electrons. The number of benzene rings is 2. The Kier molecular flexibility index (Phi) is 10.5. The van der Waals surface area contributed by atoms with Crippen LogP contribution in [-0.4, -0.2) is 61.6 Å². The number of hydrogen-bond donors (Lipinski definition) is 1. The van der Waals surface area contributed by atoms with Gasteiger partial charge < -0.3 is 24.6 Å². The number of ether oxygens (including phenoxy) is 2. The highest BCUT2D eigenvalue weighted by Crippen LogP contribution is 2.29. The summed E-state index contributed by atoms with van der Waals surface area (Å²) in [5.41, 5.74) is 2.32. The molecule has 2 aromatic rings. The molecule has 8 heteroatoms. The molecule has 2 heterocycles. The van der Waals surface area contributed by atoms with Crippen molar-refractivity contribution in [1.82, 2.24) is 10.2 Å². The summed E-state index contributed by atoms with van der Waals surface area (Å²) in [7, 11) is 0. The molecular weight excluding hydrogens is 502 g/mol. The second-order valence-electron chi connectivity index (χ2n) is 10.9. The van der Waals surface area contributed by atoms with Crippen molar-refractivity contribution in [2.45, 2.75) is 58.7 Å². The number of carbonyl (C=O) groups is 2. The van der Waals surface area contributed by atoms with E-state index < -0.39 is 5.60 Å². The maximum absolute atomic E-state index is 13.1. The quantitative estimate of drug-likeness (QED) is 0.483. The molecule has 38 heavy (non-hydrogen) atoms. The van der Waals surface area contributed by atoms with Crippen LogP contribution in [0.5, 0.6) is 5.75 Å². The van der Waals surface area contributed by atoms with Crippen molar-refractivity contribution in [3.8, 4) is 5.75 Å². The second kappa shape index (κ2) is 13.3. The van der Waals surface area contributed by atoms with Gasteiger partial charge in [-0.3, -0.25) is 9.59 Å². The number of carbonyl (C=O) groups excluding carboxylic acids is 2. The molecule has 2 aliphatic heterocycles. The Morgan fingerprint density at radius 2 is 1.76 bits per heavy atom. The summed E-state index contributed by atoms with van der Waals surface area (Å²) < 4.78 is 11.9. The predicted octanol–water partition coefficient (Wildman–Crippen LogP) is 4.78. The van der Waals surface area contributed by atoms with Crippen LogP contribution in [0.4, 0.5) is 5.69 Å². The molecule has 0 bridgehead atoms. The van der Waals surface area contributed by atoms with Crippen molar-refractivity contribution < 1.29 is 19.1 Å². The van der Waals surface area contributed by atoms with E-state index in [0.717, 1.165) is 43.7 Å². The van der Waals surface area contributed by atoms with Crippen molar-refractivity contribution in [3.63, 3.8) is 0 Å². The largest absolute Gasteiger partial charge is 0.478 e. The topological polar surface area (TPSA) is 71.1 Å². The summed E-state index contributed by atoms with van der Waals surface area (Å²) in [6.45, 7) is 12.8. The van der Waals surface area contributed by atoms with E-state index in [0.29, 0.717) is 37.9 Å². The zero-order valence-electron chi connectivity index (χ0n) is 23.1. The lowest BCUT2D eigenvalue weighted by Gasteiger charge is -2.35. The summed E-state index contributed by atoms with van der Waals surface area (Å²) in [5.74, 6) is 0.818. The monoisotopic (exact) mass is 543 g/mol. The van der Waals surface area contributed by atoms with Crippen LogP contribution in [0.2, 0.25) is 0 Å². The van der Waals surface area contributed by atoms with E-state index in [1.54, 1.807) is 0 Å². The number of esters is 1. The van der Waals surface area contributed by atoms with E-state index in [2.05, 4.69) is 36.2 Å². The maximum Gasteiger partial charge on any atom is 0.311 e. The Bertz CT molecular complexity index is 1070. The van der Waals surface area contributed by atoms with E-state index >= 15 is 0 Å². The average Bonchev–Trinajstić information content (AvgIpc) is 2.92. The van der Waals surface area contributed by atoms with E-state index in [1.807, 2.05) is 55.1 Å². The summed E-state index contributed by atoms with van der Waals surface area (Å²) in [5, 5.41) is 3.27. The number of nitrogens with one attached hydrogen (secondary N) is 1. The average molecular weight is 544 g/mol. The van der Waals surface area contributed by atoms with Crippen LogP contribution in [0.1, 0.15) is 57.6 Å². The molecule has 7 nitrogen and oxygen atoms in total. The lowest BCUT2D eigenvalue weighted by atomic mass is 9.97. The maximum atomic E-state index is 13.1. The summed E-state index contributed by atoms with van der Waals surface area (Å²) in [6, 6.07) is 16.1. The van der Waals surface area contributed by atoms with Crippen LogP contribution in [0, 0.1) is 5.92 Å². The minimum absolute atomic E-state index is 0. The molecule has 0 spiro atoms. The van der Waals surface area contributed by atoms with Crippen LogP contribution in [0.25, 0.3) is 0 Å². The first-order valence-electron chi connectivity index (χ1n) is 13.5. The fraction of sp³-hybridized carbons (Fsp3) is 0.533. The molecule has 2 aliphatic rings. The number of nitrogens with zero attached hydrogens (tertiary/aromatic N) is 2. The third kappa shape index (κ3) is 7.64. The summed E-state index contributed by atoms with van der Waals surface area (Å²) in [4.78, 5) is 30.0. The van der Waals surface area contributed by atoms with Crippen molar-refractivity contribution in [1.29, 1.82) is 0 Å². The van der Waals surface area contributed by atoms with Gasteiger partial charge in [-0.15, -0.1) is 12.4 Å². The smallest absolute Gasteiger partial charge is 0.311 e. The molecule has 2 saturated heterocycles. The van der Waals surface area contributed by atoms with Gasteiger partial charge in [-0.1, -0.05) is 44.2 Å². The van der Waals surface area contributed by atoms with Gasteiger partial charge in [0.2, 0.25) is 0 Å². The van der Waals surface area contributed by atoms with Gasteiger partial charge in [-0.05, 0) is 55.9 Å². The fourth-order valence-electron chi connectivity index (χ4n) is 5.01. The van der Waals surface area contributed by atoms with Crippen molar-refractivity contribution in [3.05, 3.63) is 59.7 Å². The van der Waals surface area contributed by atoms with Crippen LogP contribution in [-0.2, 0) is 20.9 Å². The lowest BCUT2D eigenvalue weighted by molar-refractivity contribution is -0.150. The zero-order valence-corrected chi connectivity index (χ0v) is 23.9. The predicted molar refractivity (Wildman–Crippen MR) is 153 cm³/mol. The Morgan fingerprint density at radius 1 is 1.05 bits per heavy atom. The molecule has 1 N–H and O–H groups in total. The van der Waals surface area contributed by atoms with Crippen LogP contribution in [0.3, 0.4) is 0 Å². The van der Waals surface area contributed by atoms with Gasteiger partial charge in [-0.2, -0.15) is 0 Å². The van der Waals surface area contributed by atoms with Gasteiger partial charge in [0.1, 0.15) is 12.4 Å². The van der Waals surface area contributed by atoms with Crippen LogP contribution >= 0.6 is 12.4 Å². The molecule has 0 radical (unpaired) electrons. The number of hydrogen-bond acceptors (Lipinski definition) is 6. The molecule has 1 amide bonds. The van der Waals surface area contributed by atoms with Gasteiger partial charge >= 0.3 is 5.97 Å². The van der Waals surface area contributed by atoms with Gasteiger partial charge in [0, 0.05) is 51.0 Å². The standard InChI is InChI=1S/C30H41N3O4.ClH/c1-22(2)24-12-10-23(11-13-24)21-36-28(34)25-7-6-16-33(20-25)26-8-5-9-27(19-26)37-30(3,4)29(35)32-17-14-31-15-18-32;/h5,8-13,19,22,25,31H,6-7,14-18,20-21H2,1-4H3;1H/t25-;/m1./s1. The minimum atomic E-state index is -0.961. The first-order chi connectivity index (χ1) is 17.7. The molecule has 2 fully saturated rings. The second-order valence-corrected chi connectivity index (χ2v) is 10.9. The number of halogens is 1. The number of amides is 1. The molecule has 0 aliphatic carbocycles. The Hall–Kier alpha value is -2.77. The van der Waals surface area contributed by atoms with E-state index in [9.17, 15) is 9.59 Å². The van der Waals surface area contributed by atoms with E-state index in [1.165, 1.54) is 5.56 Å². The number of piperidine rings is 1. The minimum Gasteiger partial charge on any atom is -0.478 e. The molecule has 4 rings (SSSR count). The molecule has 0 saturated carbocycles. The molecule has 2 aromatic carbocycles. The van der Waals surface area contributed by atoms with Gasteiger partial charge in [0.15, 0.2) is 5.60 Å². The lowest BCUT2D eigenvalue weighted by Crippen LogP contribution is -2.54. The summed E-state index contributed by atoms with van der Waals surface area (Å²) in [6.07, 6.45) is 1.74. The fourth-order valence-corrected chi connectivity index (χ4v) is 5.01. The Labute approximate surface area is 233 Å². The van der Waals surface area contributed by atoms with Crippen molar-refractivity contribution >= 4 is 30.0 Å². The number of piperazine rings is 1. The normalized spacial score (nSPS) is 18.1. The highest BCUT2D eigenvalue weighted by molar-refractivity contribution is 5.85. The number of rotatable bonds is 8. The molecular formula is C30H42ClN3O4.